The van der Waals surface area contributed by atoms with Crippen molar-refractivity contribution in [3.8, 4) is 0 Å². The van der Waals surface area contributed by atoms with Crippen LogP contribution in [0.25, 0.3) is 0 Å². The van der Waals surface area contributed by atoms with Gasteiger partial charge in [-0.05, 0) is 18.4 Å². The van der Waals surface area contributed by atoms with E-state index in [1.807, 2.05) is 23.4 Å². The Labute approximate surface area is 170 Å². The molecule has 2 aliphatic heterocycles. The van der Waals surface area contributed by atoms with Gasteiger partial charge in [0.15, 0.2) is 0 Å². The Morgan fingerprint density at radius 1 is 1.14 bits per heavy atom. The number of rotatable bonds is 5. The number of thioether (sulfide) groups is 1. The van der Waals surface area contributed by atoms with Crippen LogP contribution in [-0.4, -0.2) is 60.2 Å². The van der Waals surface area contributed by atoms with Crippen molar-refractivity contribution in [2.75, 3.05) is 44.3 Å². The average molecular weight is 399 g/mol. The first-order valence-electron chi connectivity index (χ1n) is 9.90. The highest BCUT2D eigenvalue weighted by atomic mass is 32.2. The van der Waals surface area contributed by atoms with Crippen LogP contribution in [0.5, 0.6) is 0 Å². The third kappa shape index (κ3) is 4.83. The fraction of sp³-hybridized carbons (Fsp3) is 0.476. The molecular weight excluding hydrogens is 372 g/mol. The second-order valence-electron chi connectivity index (χ2n) is 7.21. The Kier molecular flexibility index (Phi) is 6.44. The topological polar surface area (TPSA) is 58.6 Å². The van der Waals surface area contributed by atoms with E-state index in [4.69, 9.17) is 9.72 Å². The standard InChI is InChI=1S/C21H26N4O2S/c26-21(24-9-11-27-12-10-24)18-7-4-8-25(15-18)19-13-22-14-20(23-19)28-16-17-5-2-1-3-6-17/h1-3,5-6,13-14,18H,4,7-12,15-16H2. The van der Waals surface area contributed by atoms with Gasteiger partial charge in [-0.3, -0.25) is 9.78 Å². The second kappa shape index (κ2) is 9.39. The smallest absolute Gasteiger partial charge is 0.227 e. The maximum Gasteiger partial charge on any atom is 0.227 e. The van der Waals surface area contributed by atoms with Crippen LogP contribution in [0.2, 0.25) is 0 Å². The van der Waals surface area contributed by atoms with Crippen molar-refractivity contribution in [3.05, 3.63) is 48.3 Å². The third-order valence-electron chi connectivity index (χ3n) is 5.25. The van der Waals surface area contributed by atoms with Crippen LogP contribution in [0, 0.1) is 5.92 Å². The van der Waals surface area contributed by atoms with Crippen molar-refractivity contribution in [2.24, 2.45) is 5.92 Å². The summed E-state index contributed by atoms with van der Waals surface area (Å²) in [5, 5.41) is 0.919. The minimum Gasteiger partial charge on any atom is -0.378 e. The van der Waals surface area contributed by atoms with Gasteiger partial charge in [0, 0.05) is 31.9 Å². The van der Waals surface area contributed by atoms with Crippen LogP contribution >= 0.6 is 11.8 Å². The molecule has 2 saturated heterocycles. The molecule has 0 radical (unpaired) electrons. The van der Waals surface area contributed by atoms with E-state index in [9.17, 15) is 4.79 Å². The summed E-state index contributed by atoms with van der Waals surface area (Å²) in [4.78, 5) is 26.2. The number of anilines is 1. The summed E-state index contributed by atoms with van der Waals surface area (Å²) in [5.41, 5.74) is 1.27. The Balaban J connectivity index is 1.38. The summed E-state index contributed by atoms with van der Waals surface area (Å²) in [6, 6.07) is 10.4. The molecule has 4 rings (SSSR count). The van der Waals surface area contributed by atoms with E-state index < -0.39 is 0 Å². The Morgan fingerprint density at radius 2 is 1.96 bits per heavy atom. The lowest BCUT2D eigenvalue weighted by Crippen LogP contribution is -2.48. The largest absolute Gasteiger partial charge is 0.378 e. The number of aromatic nitrogens is 2. The summed E-state index contributed by atoms with van der Waals surface area (Å²) < 4.78 is 5.37. The molecular formula is C21H26N4O2S. The summed E-state index contributed by atoms with van der Waals surface area (Å²) in [6.07, 6.45) is 5.58. The number of hydrogen-bond donors (Lipinski definition) is 0. The molecule has 0 aliphatic carbocycles. The molecule has 0 bridgehead atoms. The third-order valence-corrected chi connectivity index (χ3v) is 6.22. The van der Waals surface area contributed by atoms with Gasteiger partial charge in [-0.15, -0.1) is 11.8 Å². The molecule has 0 spiro atoms. The molecule has 2 aromatic rings. The molecule has 2 fully saturated rings. The molecule has 3 heterocycles. The highest BCUT2D eigenvalue weighted by Crippen LogP contribution is 2.26. The van der Waals surface area contributed by atoms with Gasteiger partial charge in [0.05, 0.1) is 31.5 Å². The van der Waals surface area contributed by atoms with Crippen molar-refractivity contribution in [1.82, 2.24) is 14.9 Å². The number of amides is 1. The molecule has 7 heteroatoms. The van der Waals surface area contributed by atoms with E-state index in [1.165, 1.54) is 5.56 Å². The molecule has 0 saturated carbocycles. The molecule has 1 unspecified atom stereocenters. The average Bonchev–Trinajstić information content (AvgIpc) is 2.79. The number of morpholine rings is 1. The van der Waals surface area contributed by atoms with Crippen molar-refractivity contribution in [1.29, 1.82) is 0 Å². The molecule has 6 nitrogen and oxygen atoms in total. The van der Waals surface area contributed by atoms with Gasteiger partial charge in [-0.1, -0.05) is 30.3 Å². The maximum absolute atomic E-state index is 12.9. The van der Waals surface area contributed by atoms with Gasteiger partial charge in [-0.2, -0.15) is 0 Å². The number of piperidine rings is 1. The number of ether oxygens (including phenoxy) is 1. The zero-order valence-corrected chi connectivity index (χ0v) is 16.8. The molecule has 1 atom stereocenters. The number of benzene rings is 1. The van der Waals surface area contributed by atoms with E-state index in [-0.39, 0.29) is 11.8 Å². The molecule has 1 aromatic carbocycles. The van der Waals surface area contributed by atoms with Crippen molar-refractivity contribution in [2.45, 2.75) is 23.6 Å². The second-order valence-corrected chi connectivity index (χ2v) is 8.21. The Morgan fingerprint density at radius 3 is 2.79 bits per heavy atom. The quantitative estimate of drug-likeness (QED) is 0.722. The zero-order valence-electron chi connectivity index (χ0n) is 16.0. The normalized spacial score (nSPS) is 20.2. The molecule has 1 amide bonds. The molecule has 28 heavy (non-hydrogen) atoms. The van der Waals surface area contributed by atoms with Gasteiger partial charge < -0.3 is 14.5 Å². The first-order valence-corrected chi connectivity index (χ1v) is 10.9. The molecule has 1 aromatic heterocycles. The summed E-state index contributed by atoms with van der Waals surface area (Å²) in [5.74, 6) is 2.04. The first kappa shape index (κ1) is 19.2. The number of carbonyl (C=O) groups excluding carboxylic acids is 1. The maximum atomic E-state index is 12.9. The highest BCUT2D eigenvalue weighted by molar-refractivity contribution is 7.98. The summed E-state index contributed by atoms with van der Waals surface area (Å²) in [7, 11) is 0. The van der Waals surface area contributed by atoms with Crippen LogP contribution in [-0.2, 0) is 15.3 Å². The summed E-state index contributed by atoms with van der Waals surface area (Å²) in [6.45, 7) is 4.36. The van der Waals surface area contributed by atoms with Gasteiger partial charge in [0.25, 0.3) is 0 Å². The number of carbonyl (C=O) groups is 1. The van der Waals surface area contributed by atoms with Gasteiger partial charge in [0.1, 0.15) is 10.8 Å². The summed E-state index contributed by atoms with van der Waals surface area (Å²) >= 11 is 1.69. The van der Waals surface area contributed by atoms with Gasteiger partial charge >= 0.3 is 0 Å². The van der Waals surface area contributed by atoms with Crippen LogP contribution < -0.4 is 4.90 Å². The van der Waals surface area contributed by atoms with E-state index in [1.54, 1.807) is 11.8 Å². The minimum absolute atomic E-state index is 0.0364. The van der Waals surface area contributed by atoms with Gasteiger partial charge in [0.2, 0.25) is 5.91 Å². The fourth-order valence-electron chi connectivity index (χ4n) is 3.72. The molecule has 148 valence electrons. The highest BCUT2D eigenvalue weighted by Gasteiger charge is 2.30. The predicted octanol–water partition coefficient (Wildman–Crippen LogP) is 2.84. The number of nitrogens with zero attached hydrogens (tertiary/aromatic N) is 4. The number of hydrogen-bond acceptors (Lipinski definition) is 6. The lowest BCUT2D eigenvalue weighted by molar-refractivity contribution is -0.139. The van der Waals surface area contributed by atoms with Crippen LogP contribution in [0.3, 0.4) is 0 Å². The van der Waals surface area contributed by atoms with Crippen molar-refractivity contribution >= 4 is 23.5 Å². The van der Waals surface area contributed by atoms with E-state index in [0.717, 1.165) is 42.5 Å². The van der Waals surface area contributed by atoms with Crippen LogP contribution in [0.4, 0.5) is 5.82 Å². The minimum atomic E-state index is 0.0364. The predicted molar refractivity (Wildman–Crippen MR) is 110 cm³/mol. The van der Waals surface area contributed by atoms with Crippen molar-refractivity contribution in [3.63, 3.8) is 0 Å². The monoisotopic (exact) mass is 398 g/mol. The van der Waals surface area contributed by atoms with E-state index >= 15 is 0 Å². The van der Waals surface area contributed by atoms with E-state index in [0.29, 0.717) is 26.3 Å². The molecule has 2 aliphatic rings. The molecule has 0 N–H and O–H groups in total. The Bertz CT molecular complexity index is 783. The lowest BCUT2D eigenvalue weighted by atomic mass is 9.96. The fourth-order valence-corrected chi connectivity index (χ4v) is 4.52. The zero-order chi connectivity index (χ0) is 19.2. The van der Waals surface area contributed by atoms with Crippen molar-refractivity contribution < 1.29 is 9.53 Å². The van der Waals surface area contributed by atoms with Crippen LogP contribution in [0.15, 0.2) is 47.8 Å². The van der Waals surface area contributed by atoms with Gasteiger partial charge in [-0.25, -0.2) is 4.98 Å². The van der Waals surface area contributed by atoms with E-state index in [2.05, 4.69) is 34.1 Å². The Hall–Kier alpha value is -2.12. The first-order chi connectivity index (χ1) is 13.8. The van der Waals surface area contributed by atoms with Crippen LogP contribution in [0.1, 0.15) is 18.4 Å². The SMILES string of the molecule is O=C(C1CCCN(c2cncc(SCc3ccccc3)n2)C1)N1CCOCC1. The lowest BCUT2D eigenvalue weighted by Gasteiger charge is -2.36.